The van der Waals surface area contributed by atoms with Crippen LogP contribution in [0.3, 0.4) is 0 Å². The van der Waals surface area contributed by atoms with E-state index in [1.165, 1.54) is 23.3 Å². The van der Waals surface area contributed by atoms with Crippen molar-refractivity contribution in [2.75, 3.05) is 12.4 Å². The minimum absolute atomic E-state index is 0.240. The number of hydrogen-bond donors (Lipinski definition) is 2. The molecule has 0 bridgehead atoms. The van der Waals surface area contributed by atoms with E-state index < -0.39 is 0 Å². The van der Waals surface area contributed by atoms with Gasteiger partial charge < -0.3 is 15.8 Å². The predicted octanol–water partition coefficient (Wildman–Crippen LogP) is 4.26. The number of methoxy groups -OCH3 is 1. The Bertz CT molecular complexity index is 1070. The summed E-state index contributed by atoms with van der Waals surface area (Å²) in [6.07, 6.45) is 5.24. The molecule has 0 saturated heterocycles. The Kier molecular flexibility index (Phi) is 5.87. The Hall–Kier alpha value is -2.38. The van der Waals surface area contributed by atoms with Crippen molar-refractivity contribution in [1.29, 1.82) is 0 Å². The van der Waals surface area contributed by atoms with Gasteiger partial charge in [0.15, 0.2) is 0 Å². The predicted molar refractivity (Wildman–Crippen MR) is 117 cm³/mol. The van der Waals surface area contributed by atoms with E-state index in [1.54, 1.807) is 18.4 Å². The highest BCUT2D eigenvalue weighted by molar-refractivity contribution is 7.19. The molecular weight excluding hydrogens is 408 g/mol. The third-order valence-corrected chi connectivity index (χ3v) is 6.61. The molecule has 1 amide bonds. The molecule has 2 aromatic heterocycles. The number of primary amides is 1. The minimum Gasteiger partial charge on any atom is -0.495 e. The highest BCUT2D eigenvalue weighted by Gasteiger charge is 2.21. The molecule has 0 saturated carbocycles. The van der Waals surface area contributed by atoms with Crippen LogP contribution in [-0.4, -0.2) is 23.0 Å². The van der Waals surface area contributed by atoms with E-state index >= 15 is 0 Å². The fraction of sp³-hybridized carbons (Fsp3) is 0.381. The molecule has 3 N–H and O–H groups in total. The molecule has 2 heterocycles. The molecule has 0 aliphatic heterocycles. The molecule has 4 rings (SSSR count). The average Bonchev–Trinajstić information content (AvgIpc) is 3.09. The van der Waals surface area contributed by atoms with Gasteiger partial charge in [-0.3, -0.25) is 4.79 Å². The topological polar surface area (TPSA) is 90.1 Å². The monoisotopic (exact) mass is 430 g/mol. The number of anilines is 1. The van der Waals surface area contributed by atoms with Crippen LogP contribution in [0.5, 0.6) is 5.75 Å². The van der Waals surface area contributed by atoms with Crippen LogP contribution >= 0.6 is 22.9 Å². The second kappa shape index (κ2) is 8.55. The van der Waals surface area contributed by atoms with E-state index in [4.69, 9.17) is 32.0 Å². The molecule has 1 aliphatic rings. The summed E-state index contributed by atoms with van der Waals surface area (Å²) >= 11 is 8.01. The lowest BCUT2D eigenvalue weighted by atomic mass is 9.97. The molecule has 1 aliphatic carbocycles. The smallest absolute Gasteiger partial charge is 0.217 e. The fourth-order valence-electron chi connectivity index (χ4n) is 3.68. The minimum atomic E-state index is -0.346. The lowest BCUT2D eigenvalue weighted by Gasteiger charge is -2.14. The first kappa shape index (κ1) is 19.9. The summed E-state index contributed by atoms with van der Waals surface area (Å²) in [5.41, 5.74) is 7.71. The maximum absolute atomic E-state index is 11.2. The Morgan fingerprint density at radius 2 is 2.14 bits per heavy atom. The Balaban J connectivity index is 1.67. The van der Waals surface area contributed by atoms with Gasteiger partial charge in [-0.15, -0.1) is 11.3 Å². The number of carbonyl (C=O) groups excluding carboxylic acids is 1. The lowest BCUT2D eigenvalue weighted by Crippen LogP contribution is -2.13. The Morgan fingerprint density at radius 1 is 1.31 bits per heavy atom. The number of benzene rings is 1. The van der Waals surface area contributed by atoms with Gasteiger partial charge in [0.1, 0.15) is 22.2 Å². The maximum atomic E-state index is 11.2. The largest absolute Gasteiger partial charge is 0.495 e. The summed E-state index contributed by atoms with van der Waals surface area (Å²) in [4.78, 5) is 23.1. The first-order chi connectivity index (χ1) is 14.0. The Labute approximate surface area is 178 Å². The molecule has 29 heavy (non-hydrogen) atoms. The molecule has 0 radical (unpaired) electrons. The van der Waals surface area contributed by atoms with Gasteiger partial charge in [0.25, 0.3) is 0 Å². The molecular formula is C21H23ClN4O2S. The molecule has 0 unspecified atom stereocenters. The summed E-state index contributed by atoms with van der Waals surface area (Å²) in [7, 11) is 1.60. The molecule has 0 spiro atoms. The SMILES string of the molecule is COc1ccc(CNc2nc(CCC(N)=O)nc3sc4c(c23)CCCC4)cc1Cl. The number of nitrogens with two attached hydrogens (primary N) is 1. The normalized spacial score (nSPS) is 13.3. The van der Waals surface area contributed by atoms with E-state index in [0.717, 1.165) is 34.4 Å². The van der Waals surface area contributed by atoms with Gasteiger partial charge >= 0.3 is 0 Å². The second-order valence-electron chi connectivity index (χ2n) is 7.17. The van der Waals surface area contributed by atoms with Gasteiger partial charge in [0.2, 0.25) is 5.91 Å². The van der Waals surface area contributed by atoms with Crippen LogP contribution < -0.4 is 15.8 Å². The third kappa shape index (κ3) is 4.31. The maximum Gasteiger partial charge on any atom is 0.217 e. The fourth-order valence-corrected chi connectivity index (χ4v) is 5.24. The number of nitrogens with zero attached hydrogens (tertiary/aromatic N) is 2. The van der Waals surface area contributed by atoms with Crippen LogP contribution in [0.4, 0.5) is 5.82 Å². The van der Waals surface area contributed by atoms with Crippen LogP contribution in [0.15, 0.2) is 18.2 Å². The van der Waals surface area contributed by atoms with Crippen LogP contribution in [0, 0.1) is 0 Å². The molecule has 3 aromatic rings. The summed E-state index contributed by atoms with van der Waals surface area (Å²) in [5.74, 6) is 1.77. The van der Waals surface area contributed by atoms with Gasteiger partial charge in [0.05, 0.1) is 17.5 Å². The first-order valence-corrected chi connectivity index (χ1v) is 10.9. The summed E-state index contributed by atoms with van der Waals surface area (Å²) < 4.78 is 5.22. The van der Waals surface area contributed by atoms with Gasteiger partial charge in [-0.25, -0.2) is 9.97 Å². The third-order valence-electron chi connectivity index (χ3n) is 5.13. The standard InChI is InChI=1S/C21H23ClN4O2S/c1-28-15-7-6-12(10-14(15)22)11-24-20-19-13-4-2-3-5-16(13)29-21(19)26-18(25-20)9-8-17(23)27/h6-7,10H,2-5,8-9,11H2,1H3,(H2,23,27)(H,24,25,26). The average molecular weight is 431 g/mol. The zero-order chi connectivity index (χ0) is 20.4. The molecule has 0 atom stereocenters. The van der Waals surface area contributed by atoms with Crippen molar-refractivity contribution in [3.8, 4) is 5.75 Å². The van der Waals surface area contributed by atoms with Gasteiger partial charge in [-0.05, 0) is 48.9 Å². The summed E-state index contributed by atoms with van der Waals surface area (Å²) in [6.45, 7) is 0.579. The number of halogens is 1. The van der Waals surface area contributed by atoms with E-state index in [2.05, 4.69) is 5.32 Å². The molecule has 152 valence electrons. The van der Waals surface area contributed by atoms with Crippen molar-refractivity contribution < 1.29 is 9.53 Å². The number of nitrogens with one attached hydrogen (secondary N) is 1. The Morgan fingerprint density at radius 3 is 2.90 bits per heavy atom. The number of thiophene rings is 1. The number of carbonyl (C=O) groups is 1. The number of aromatic nitrogens is 2. The van der Waals surface area contributed by atoms with Crippen LogP contribution in [0.25, 0.3) is 10.2 Å². The zero-order valence-electron chi connectivity index (χ0n) is 16.3. The molecule has 1 aromatic carbocycles. The van der Waals surface area contributed by atoms with Gasteiger partial charge in [-0.2, -0.15) is 0 Å². The van der Waals surface area contributed by atoms with Crippen molar-refractivity contribution in [2.24, 2.45) is 5.73 Å². The quantitative estimate of drug-likeness (QED) is 0.584. The van der Waals surface area contributed by atoms with E-state index in [-0.39, 0.29) is 12.3 Å². The van der Waals surface area contributed by atoms with Gasteiger partial charge in [0, 0.05) is 24.3 Å². The highest BCUT2D eigenvalue weighted by Crippen LogP contribution is 2.39. The first-order valence-electron chi connectivity index (χ1n) is 9.71. The molecule has 0 fully saturated rings. The van der Waals surface area contributed by atoms with Crippen molar-refractivity contribution in [1.82, 2.24) is 9.97 Å². The van der Waals surface area contributed by atoms with Crippen molar-refractivity contribution in [3.05, 3.63) is 45.1 Å². The number of rotatable bonds is 7. The second-order valence-corrected chi connectivity index (χ2v) is 8.66. The van der Waals surface area contributed by atoms with E-state index in [0.29, 0.717) is 29.6 Å². The van der Waals surface area contributed by atoms with Crippen LogP contribution in [0.1, 0.15) is 41.1 Å². The number of hydrogen-bond acceptors (Lipinski definition) is 6. The number of aryl methyl sites for hydroxylation is 3. The van der Waals surface area contributed by atoms with Crippen LogP contribution in [-0.2, 0) is 30.6 Å². The van der Waals surface area contributed by atoms with E-state index in [9.17, 15) is 4.79 Å². The van der Waals surface area contributed by atoms with Crippen molar-refractivity contribution in [3.63, 3.8) is 0 Å². The summed E-state index contributed by atoms with van der Waals surface area (Å²) in [5, 5.41) is 5.17. The van der Waals surface area contributed by atoms with Crippen molar-refractivity contribution in [2.45, 2.75) is 45.1 Å². The number of amides is 1. The summed E-state index contributed by atoms with van der Waals surface area (Å²) in [6, 6.07) is 5.73. The molecule has 6 nitrogen and oxygen atoms in total. The number of fused-ring (bicyclic) bond motifs is 3. The lowest BCUT2D eigenvalue weighted by molar-refractivity contribution is -0.118. The van der Waals surface area contributed by atoms with Gasteiger partial charge in [-0.1, -0.05) is 17.7 Å². The van der Waals surface area contributed by atoms with Crippen molar-refractivity contribution >= 4 is 44.9 Å². The molecule has 8 heteroatoms. The van der Waals surface area contributed by atoms with Crippen LogP contribution in [0.2, 0.25) is 5.02 Å². The van der Waals surface area contributed by atoms with E-state index in [1.807, 2.05) is 18.2 Å². The highest BCUT2D eigenvalue weighted by atomic mass is 35.5. The number of ether oxygens (including phenoxy) is 1. The zero-order valence-corrected chi connectivity index (χ0v) is 17.8.